The van der Waals surface area contributed by atoms with Crippen LogP contribution >= 0.6 is 0 Å². The minimum atomic E-state index is -0.991. The van der Waals surface area contributed by atoms with Crippen LogP contribution in [0.25, 0.3) is 0 Å². The number of aliphatic carboxylic acids is 1. The number of likely N-dealkylation sites (tertiary alicyclic amines) is 1. The largest absolute Gasteiger partial charge is 0.480 e. The summed E-state index contributed by atoms with van der Waals surface area (Å²) in [6.45, 7) is 0.435. The van der Waals surface area contributed by atoms with Crippen molar-refractivity contribution in [1.29, 1.82) is 0 Å². The van der Waals surface area contributed by atoms with E-state index in [-0.39, 0.29) is 12.3 Å². The molecule has 0 spiro atoms. The van der Waals surface area contributed by atoms with Gasteiger partial charge >= 0.3 is 5.97 Å². The van der Waals surface area contributed by atoms with Crippen molar-refractivity contribution in [3.8, 4) is 0 Å². The molecular weight excluding hydrogens is 237 g/mol. The number of carbonyl (C=O) groups is 2. The molecule has 0 unspecified atom stereocenters. The highest BCUT2D eigenvalue weighted by atomic mass is 19.1. The maximum absolute atomic E-state index is 13.4. The van der Waals surface area contributed by atoms with Crippen molar-refractivity contribution in [2.24, 2.45) is 0 Å². The monoisotopic (exact) mass is 251 g/mol. The van der Waals surface area contributed by atoms with E-state index in [9.17, 15) is 14.0 Å². The highest BCUT2D eigenvalue weighted by Gasteiger charge is 2.33. The summed E-state index contributed by atoms with van der Waals surface area (Å²) in [6, 6.07) is 5.29. The summed E-state index contributed by atoms with van der Waals surface area (Å²) in [5.41, 5.74) is 0.304. The molecule has 1 heterocycles. The molecule has 0 saturated carbocycles. The lowest BCUT2D eigenvalue weighted by Crippen LogP contribution is -2.41. The summed E-state index contributed by atoms with van der Waals surface area (Å²) in [5.74, 6) is -1.75. The molecule has 1 saturated heterocycles. The third-order valence-electron chi connectivity index (χ3n) is 3.16. The van der Waals surface area contributed by atoms with Gasteiger partial charge < -0.3 is 10.0 Å². The molecule has 1 fully saturated rings. The second-order valence-electron chi connectivity index (χ2n) is 4.35. The van der Waals surface area contributed by atoms with Crippen molar-refractivity contribution in [2.45, 2.75) is 25.3 Å². The standard InChI is InChI=1S/C13H14FNO3/c14-10-5-2-1-4-9(10)8-12(16)15-7-3-6-11(15)13(17)18/h1-2,4-5,11H,3,6-8H2,(H,17,18)/t11-/m1/s1. The number of rotatable bonds is 3. The number of carbonyl (C=O) groups excluding carboxylic acids is 1. The molecule has 18 heavy (non-hydrogen) atoms. The van der Waals surface area contributed by atoms with Crippen molar-refractivity contribution in [3.05, 3.63) is 35.6 Å². The zero-order valence-electron chi connectivity index (χ0n) is 9.80. The van der Waals surface area contributed by atoms with E-state index >= 15 is 0 Å². The Labute approximate surface area is 104 Å². The van der Waals surface area contributed by atoms with Gasteiger partial charge in [0.05, 0.1) is 6.42 Å². The Morgan fingerprint density at radius 3 is 2.78 bits per heavy atom. The lowest BCUT2D eigenvalue weighted by molar-refractivity contribution is -0.148. The van der Waals surface area contributed by atoms with Crippen LogP contribution in [0.4, 0.5) is 4.39 Å². The normalized spacial score (nSPS) is 18.9. The lowest BCUT2D eigenvalue weighted by atomic mass is 10.1. The second-order valence-corrected chi connectivity index (χ2v) is 4.35. The first kappa shape index (κ1) is 12.5. The molecule has 1 aliphatic heterocycles. The summed E-state index contributed by atoms with van der Waals surface area (Å²) >= 11 is 0. The van der Waals surface area contributed by atoms with Crippen LogP contribution in [0.15, 0.2) is 24.3 Å². The van der Waals surface area contributed by atoms with Gasteiger partial charge in [0.1, 0.15) is 11.9 Å². The topological polar surface area (TPSA) is 57.6 Å². The summed E-state index contributed by atoms with van der Waals surface area (Å²) in [5, 5.41) is 8.99. The Balaban J connectivity index is 2.08. The molecule has 2 rings (SSSR count). The fourth-order valence-corrected chi connectivity index (χ4v) is 2.23. The van der Waals surface area contributed by atoms with Gasteiger partial charge in [-0.15, -0.1) is 0 Å². The molecule has 1 aromatic rings. The Bertz CT molecular complexity index is 475. The zero-order chi connectivity index (χ0) is 13.1. The van der Waals surface area contributed by atoms with E-state index in [4.69, 9.17) is 5.11 Å². The Hall–Kier alpha value is -1.91. The highest BCUT2D eigenvalue weighted by Crippen LogP contribution is 2.19. The molecule has 1 atom stereocenters. The molecule has 0 radical (unpaired) electrons. The van der Waals surface area contributed by atoms with Crippen LogP contribution in [0.3, 0.4) is 0 Å². The predicted molar refractivity (Wildman–Crippen MR) is 62.5 cm³/mol. The fraction of sp³-hybridized carbons (Fsp3) is 0.385. The maximum atomic E-state index is 13.4. The number of nitrogens with zero attached hydrogens (tertiary/aromatic N) is 1. The molecular formula is C13H14FNO3. The van der Waals surface area contributed by atoms with E-state index in [1.165, 1.54) is 11.0 Å². The van der Waals surface area contributed by atoms with Gasteiger partial charge in [0.2, 0.25) is 5.91 Å². The van der Waals surface area contributed by atoms with Crippen LogP contribution in [0.1, 0.15) is 18.4 Å². The quantitative estimate of drug-likeness (QED) is 0.884. The van der Waals surface area contributed by atoms with Crippen molar-refractivity contribution >= 4 is 11.9 Å². The minimum absolute atomic E-state index is 0.0869. The number of halogens is 1. The van der Waals surface area contributed by atoms with E-state index < -0.39 is 17.8 Å². The van der Waals surface area contributed by atoms with Crippen LogP contribution in [-0.2, 0) is 16.0 Å². The first-order chi connectivity index (χ1) is 8.59. The van der Waals surface area contributed by atoms with Gasteiger partial charge in [0, 0.05) is 6.54 Å². The maximum Gasteiger partial charge on any atom is 0.326 e. The van der Waals surface area contributed by atoms with Crippen molar-refractivity contribution in [1.82, 2.24) is 4.90 Å². The zero-order valence-corrected chi connectivity index (χ0v) is 9.80. The molecule has 96 valence electrons. The van der Waals surface area contributed by atoms with Crippen molar-refractivity contribution in [2.75, 3.05) is 6.54 Å². The van der Waals surface area contributed by atoms with Crippen LogP contribution < -0.4 is 0 Å². The average Bonchev–Trinajstić information content (AvgIpc) is 2.81. The molecule has 1 aliphatic rings. The Kier molecular flexibility index (Phi) is 3.60. The lowest BCUT2D eigenvalue weighted by Gasteiger charge is -2.21. The number of amides is 1. The molecule has 1 N–H and O–H groups in total. The molecule has 0 aliphatic carbocycles. The number of carboxylic acids is 1. The van der Waals surface area contributed by atoms with E-state index in [2.05, 4.69) is 0 Å². The smallest absolute Gasteiger partial charge is 0.326 e. The first-order valence-electron chi connectivity index (χ1n) is 5.85. The summed E-state index contributed by atoms with van der Waals surface area (Å²) in [7, 11) is 0. The fourth-order valence-electron chi connectivity index (χ4n) is 2.23. The number of hydrogen-bond acceptors (Lipinski definition) is 2. The molecule has 0 bridgehead atoms. The molecule has 1 aromatic carbocycles. The SMILES string of the molecule is O=C(O)[C@H]1CCCN1C(=O)Cc1ccccc1F. The predicted octanol–water partition coefficient (Wildman–Crippen LogP) is 1.44. The third kappa shape index (κ3) is 2.50. The van der Waals surface area contributed by atoms with E-state index in [0.29, 0.717) is 24.9 Å². The second kappa shape index (κ2) is 5.16. The van der Waals surface area contributed by atoms with Gasteiger partial charge in [-0.05, 0) is 24.5 Å². The van der Waals surface area contributed by atoms with Crippen LogP contribution in [0.2, 0.25) is 0 Å². The molecule has 4 nitrogen and oxygen atoms in total. The van der Waals surface area contributed by atoms with E-state index in [1.54, 1.807) is 18.2 Å². The van der Waals surface area contributed by atoms with Gasteiger partial charge in [-0.2, -0.15) is 0 Å². The van der Waals surface area contributed by atoms with Crippen molar-refractivity contribution in [3.63, 3.8) is 0 Å². The van der Waals surface area contributed by atoms with E-state index in [1.807, 2.05) is 0 Å². The van der Waals surface area contributed by atoms with Gasteiger partial charge in [0.25, 0.3) is 0 Å². The average molecular weight is 251 g/mol. The Morgan fingerprint density at radius 1 is 1.39 bits per heavy atom. The van der Waals surface area contributed by atoms with Crippen LogP contribution in [-0.4, -0.2) is 34.5 Å². The number of hydrogen-bond donors (Lipinski definition) is 1. The van der Waals surface area contributed by atoms with E-state index in [0.717, 1.165) is 0 Å². The van der Waals surface area contributed by atoms with Crippen LogP contribution in [0.5, 0.6) is 0 Å². The van der Waals surface area contributed by atoms with Gasteiger partial charge in [-0.3, -0.25) is 4.79 Å². The van der Waals surface area contributed by atoms with Gasteiger partial charge in [-0.1, -0.05) is 18.2 Å². The summed E-state index contributed by atoms with van der Waals surface area (Å²) in [6.07, 6.45) is 1.06. The summed E-state index contributed by atoms with van der Waals surface area (Å²) < 4.78 is 13.4. The summed E-state index contributed by atoms with van der Waals surface area (Å²) in [4.78, 5) is 24.3. The minimum Gasteiger partial charge on any atom is -0.480 e. The first-order valence-corrected chi connectivity index (χ1v) is 5.85. The third-order valence-corrected chi connectivity index (χ3v) is 3.16. The highest BCUT2D eigenvalue weighted by molar-refractivity contribution is 5.85. The molecule has 0 aromatic heterocycles. The van der Waals surface area contributed by atoms with Gasteiger partial charge in [0.15, 0.2) is 0 Å². The molecule has 5 heteroatoms. The van der Waals surface area contributed by atoms with Gasteiger partial charge in [-0.25, -0.2) is 9.18 Å². The van der Waals surface area contributed by atoms with Crippen LogP contribution in [0, 0.1) is 5.82 Å². The number of carboxylic acid groups (broad SMARTS) is 1. The van der Waals surface area contributed by atoms with Crippen molar-refractivity contribution < 1.29 is 19.1 Å². The Morgan fingerprint density at radius 2 is 2.11 bits per heavy atom. The molecule has 1 amide bonds. The number of benzene rings is 1.